The van der Waals surface area contributed by atoms with Crippen molar-refractivity contribution in [2.24, 2.45) is 0 Å². The summed E-state index contributed by atoms with van der Waals surface area (Å²) >= 11 is 5.86. The minimum Gasteiger partial charge on any atom is -0.466 e. The molecule has 18 heavy (non-hydrogen) atoms. The number of hydrogen-bond donors (Lipinski definition) is 0. The van der Waals surface area contributed by atoms with Crippen molar-refractivity contribution in [3.05, 3.63) is 38.4 Å². The normalized spacial score (nSPS) is 9.89. The molecule has 96 valence electrons. The summed E-state index contributed by atoms with van der Waals surface area (Å²) in [5, 5.41) is 10.7. The number of halogens is 1. The number of aldehydes is 1. The molecule has 0 atom stereocenters. The number of esters is 1. The molecule has 0 saturated carbocycles. The van der Waals surface area contributed by atoms with Crippen LogP contribution in [-0.2, 0) is 16.0 Å². The van der Waals surface area contributed by atoms with Gasteiger partial charge in [-0.2, -0.15) is 0 Å². The van der Waals surface area contributed by atoms with E-state index >= 15 is 0 Å². The Bertz CT molecular complexity index is 500. The highest BCUT2D eigenvalue weighted by Crippen LogP contribution is 2.29. The Labute approximate surface area is 108 Å². The molecule has 6 nitrogen and oxygen atoms in total. The average molecular weight is 272 g/mol. The zero-order valence-corrected chi connectivity index (χ0v) is 10.3. The number of benzene rings is 1. The minimum atomic E-state index is -0.658. The number of carbonyl (C=O) groups is 2. The lowest BCUT2D eigenvalue weighted by atomic mass is 10.1. The molecule has 7 heteroatoms. The smallest absolute Gasteiger partial charge is 0.310 e. The Morgan fingerprint density at radius 3 is 2.72 bits per heavy atom. The second-order valence-electron chi connectivity index (χ2n) is 3.32. The molecule has 0 bridgehead atoms. The van der Waals surface area contributed by atoms with Gasteiger partial charge in [0.2, 0.25) is 0 Å². The van der Waals surface area contributed by atoms with E-state index in [0.717, 1.165) is 6.07 Å². The van der Waals surface area contributed by atoms with E-state index in [1.54, 1.807) is 6.92 Å². The van der Waals surface area contributed by atoms with E-state index in [2.05, 4.69) is 0 Å². The van der Waals surface area contributed by atoms with Crippen molar-refractivity contribution in [1.29, 1.82) is 0 Å². The summed E-state index contributed by atoms with van der Waals surface area (Å²) in [5.41, 5.74) is -0.218. The van der Waals surface area contributed by atoms with Crippen LogP contribution in [0.25, 0.3) is 0 Å². The Balaban J connectivity index is 3.23. The lowest BCUT2D eigenvalue weighted by Gasteiger charge is -2.07. The third-order valence-electron chi connectivity index (χ3n) is 2.20. The molecule has 0 spiro atoms. The van der Waals surface area contributed by atoms with Crippen molar-refractivity contribution in [2.45, 2.75) is 13.3 Å². The Kier molecular flexibility index (Phi) is 4.79. The van der Waals surface area contributed by atoms with Gasteiger partial charge < -0.3 is 4.74 Å². The van der Waals surface area contributed by atoms with Crippen molar-refractivity contribution >= 4 is 29.5 Å². The van der Waals surface area contributed by atoms with Crippen LogP contribution in [-0.4, -0.2) is 23.8 Å². The van der Waals surface area contributed by atoms with Gasteiger partial charge in [-0.1, -0.05) is 11.6 Å². The molecule has 0 aliphatic rings. The monoisotopic (exact) mass is 271 g/mol. The topological polar surface area (TPSA) is 86.5 Å². The average Bonchev–Trinajstić information content (AvgIpc) is 2.31. The SMILES string of the molecule is CCOC(=O)Cc1c([N+](=O)[O-])ccc(C=O)c1Cl. The maximum atomic E-state index is 11.3. The number of nitrogens with zero attached hydrogens (tertiary/aromatic N) is 1. The van der Waals surface area contributed by atoms with E-state index in [1.165, 1.54) is 6.07 Å². The van der Waals surface area contributed by atoms with Gasteiger partial charge in [-0.05, 0) is 13.0 Å². The third-order valence-corrected chi connectivity index (χ3v) is 2.64. The van der Waals surface area contributed by atoms with Crippen LogP contribution in [0.3, 0.4) is 0 Å². The molecule has 1 rings (SSSR count). The predicted octanol–water partition coefficient (Wildman–Crippen LogP) is 2.17. The lowest BCUT2D eigenvalue weighted by molar-refractivity contribution is -0.385. The Morgan fingerprint density at radius 1 is 1.56 bits per heavy atom. The number of nitro groups is 1. The molecule has 0 aliphatic heterocycles. The highest BCUT2D eigenvalue weighted by Gasteiger charge is 2.22. The zero-order chi connectivity index (χ0) is 13.7. The van der Waals surface area contributed by atoms with Gasteiger partial charge in [-0.25, -0.2) is 0 Å². The highest BCUT2D eigenvalue weighted by atomic mass is 35.5. The van der Waals surface area contributed by atoms with E-state index in [0.29, 0.717) is 6.29 Å². The maximum Gasteiger partial charge on any atom is 0.310 e. The Morgan fingerprint density at radius 2 is 2.22 bits per heavy atom. The molecule has 0 N–H and O–H groups in total. The molecule has 0 unspecified atom stereocenters. The van der Waals surface area contributed by atoms with E-state index in [1.807, 2.05) is 0 Å². The van der Waals surface area contributed by atoms with Crippen LogP contribution in [0.15, 0.2) is 12.1 Å². The van der Waals surface area contributed by atoms with E-state index in [9.17, 15) is 19.7 Å². The summed E-state index contributed by atoms with van der Waals surface area (Å²) in [5.74, 6) is -0.634. The first-order chi connectivity index (χ1) is 8.51. The van der Waals surface area contributed by atoms with Gasteiger partial charge in [0.15, 0.2) is 6.29 Å². The minimum absolute atomic E-state index is 0.00952. The summed E-state index contributed by atoms with van der Waals surface area (Å²) in [6.45, 7) is 1.79. The first-order valence-corrected chi connectivity index (χ1v) is 5.45. The van der Waals surface area contributed by atoms with Crippen molar-refractivity contribution in [1.82, 2.24) is 0 Å². The molecular weight excluding hydrogens is 262 g/mol. The van der Waals surface area contributed by atoms with Crippen molar-refractivity contribution in [3.63, 3.8) is 0 Å². The molecule has 0 saturated heterocycles. The van der Waals surface area contributed by atoms with Crippen LogP contribution in [0.5, 0.6) is 0 Å². The summed E-state index contributed by atoms with van der Waals surface area (Å²) < 4.78 is 4.70. The summed E-state index contributed by atoms with van der Waals surface area (Å²) in [6.07, 6.45) is 0.130. The van der Waals surface area contributed by atoms with Crippen molar-refractivity contribution in [2.75, 3.05) is 6.61 Å². The Hall–Kier alpha value is -1.95. The molecule has 1 aromatic carbocycles. The fraction of sp³-hybridized carbons (Fsp3) is 0.273. The van der Waals surface area contributed by atoms with Gasteiger partial charge in [0.05, 0.1) is 28.5 Å². The number of nitro benzene ring substituents is 1. The van der Waals surface area contributed by atoms with Crippen LogP contribution in [0, 0.1) is 10.1 Å². The number of ether oxygens (including phenoxy) is 1. The van der Waals surface area contributed by atoms with E-state index in [4.69, 9.17) is 16.3 Å². The van der Waals surface area contributed by atoms with Gasteiger partial charge in [0, 0.05) is 11.6 Å². The number of carbonyl (C=O) groups excluding carboxylic acids is 2. The first-order valence-electron chi connectivity index (χ1n) is 5.07. The quantitative estimate of drug-likeness (QED) is 0.354. The second-order valence-corrected chi connectivity index (χ2v) is 3.70. The number of hydrogen-bond acceptors (Lipinski definition) is 5. The van der Waals surface area contributed by atoms with Gasteiger partial charge in [-0.3, -0.25) is 19.7 Å². The molecule has 0 fully saturated rings. The van der Waals surface area contributed by atoms with E-state index < -0.39 is 10.9 Å². The predicted molar refractivity (Wildman–Crippen MR) is 63.8 cm³/mol. The fourth-order valence-electron chi connectivity index (χ4n) is 1.42. The van der Waals surface area contributed by atoms with Crippen LogP contribution in [0.1, 0.15) is 22.8 Å². The molecule has 0 amide bonds. The largest absolute Gasteiger partial charge is 0.466 e. The van der Waals surface area contributed by atoms with Gasteiger partial charge >= 0.3 is 5.97 Å². The van der Waals surface area contributed by atoms with Gasteiger partial charge in [0.1, 0.15) is 0 Å². The first kappa shape index (κ1) is 14.1. The molecular formula is C11H10ClNO5. The fourth-order valence-corrected chi connectivity index (χ4v) is 1.69. The summed E-state index contributed by atoms with van der Waals surface area (Å²) in [4.78, 5) is 32.2. The third kappa shape index (κ3) is 3.04. The maximum absolute atomic E-state index is 11.3. The van der Waals surface area contributed by atoms with Crippen molar-refractivity contribution in [3.8, 4) is 0 Å². The lowest BCUT2D eigenvalue weighted by Crippen LogP contribution is -2.10. The molecule has 0 aromatic heterocycles. The molecule has 0 heterocycles. The van der Waals surface area contributed by atoms with Gasteiger partial charge in [-0.15, -0.1) is 0 Å². The summed E-state index contributed by atoms with van der Waals surface area (Å²) in [7, 11) is 0. The molecule has 0 aliphatic carbocycles. The molecule has 1 aromatic rings. The van der Waals surface area contributed by atoms with Crippen LogP contribution in [0.4, 0.5) is 5.69 Å². The zero-order valence-electron chi connectivity index (χ0n) is 9.51. The highest BCUT2D eigenvalue weighted by molar-refractivity contribution is 6.34. The van der Waals surface area contributed by atoms with Crippen LogP contribution in [0.2, 0.25) is 5.02 Å². The number of rotatable bonds is 5. The van der Waals surface area contributed by atoms with Crippen molar-refractivity contribution < 1.29 is 19.2 Å². The van der Waals surface area contributed by atoms with Gasteiger partial charge in [0.25, 0.3) is 5.69 Å². The van der Waals surface area contributed by atoms with Crippen LogP contribution >= 0.6 is 11.6 Å². The van der Waals surface area contributed by atoms with Crippen LogP contribution < -0.4 is 0 Å². The molecule has 0 radical (unpaired) electrons. The second kappa shape index (κ2) is 6.11. The van der Waals surface area contributed by atoms with E-state index in [-0.39, 0.29) is 34.9 Å². The standard InChI is InChI=1S/C11H10ClNO5/c1-2-18-10(15)5-8-9(13(16)17)4-3-7(6-14)11(8)12/h3-4,6H,2,5H2,1H3. The summed E-state index contributed by atoms with van der Waals surface area (Å²) in [6, 6.07) is 2.38.